The Morgan fingerprint density at radius 3 is 3.00 bits per heavy atom. The maximum Gasteiger partial charge on any atom is 0.122 e. The normalized spacial score (nSPS) is 14.7. The largest absolute Gasteiger partial charge is 0.493 e. The zero-order chi connectivity index (χ0) is 11.6. The Hall–Kier alpha value is -1.06. The van der Waals surface area contributed by atoms with Gasteiger partial charge in [-0.15, -0.1) is 0 Å². The molecule has 1 aliphatic rings. The van der Waals surface area contributed by atoms with Gasteiger partial charge in [0.25, 0.3) is 0 Å². The Labute approximate surface area is 96.4 Å². The number of benzene rings is 1. The molecule has 1 heterocycles. The third kappa shape index (κ3) is 2.54. The Kier molecular flexibility index (Phi) is 3.17. The minimum Gasteiger partial charge on any atom is -0.493 e. The number of fused-ring (bicyclic) bond motifs is 1. The highest BCUT2D eigenvalue weighted by Gasteiger charge is 2.16. The van der Waals surface area contributed by atoms with Crippen molar-refractivity contribution in [1.29, 1.82) is 0 Å². The molecule has 0 radical (unpaired) electrons. The number of hydrogen-bond acceptors (Lipinski definition) is 3. The molecule has 0 atom stereocenters. The Morgan fingerprint density at radius 1 is 1.44 bits per heavy atom. The predicted octanol–water partition coefficient (Wildman–Crippen LogP) is 1.48. The number of hydrogen-bond donors (Lipinski definition) is 2. The molecule has 0 saturated carbocycles. The molecule has 0 fully saturated rings. The maximum absolute atomic E-state index is 9.14. The summed E-state index contributed by atoms with van der Waals surface area (Å²) >= 11 is 0. The van der Waals surface area contributed by atoms with Crippen molar-refractivity contribution < 1.29 is 9.84 Å². The van der Waals surface area contributed by atoms with Crippen LogP contribution in [0, 0.1) is 0 Å². The van der Waals surface area contributed by atoms with Crippen LogP contribution in [0.5, 0.6) is 5.75 Å². The third-order valence-electron chi connectivity index (χ3n) is 2.92. The van der Waals surface area contributed by atoms with Crippen LogP contribution in [0.25, 0.3) is 0 Å². The molecule has 0 aromatic heterocycles. The molecule has 0 spiro atoms. The summed E-state index contributed by atoms with van der Waals surface area (Å²) < 4.78 is 5.46. The van der Waals surface area contributed by atoms with Gasteiger partial charge in [0.05, 0.1) is 13.2 Å². The van der Waals surface area contributed by atoms with Gasteiger partial charge in [-0.1, -0.05) is 12.1 Å². The summed E-state index contributed by atoms with van der Waals surface area (Å²) in [4.78, 5) is 0. The van der Waals surface area contributed by atoms with E-state index in [2.05, 4.69) is 17.4 Å². The molecule has 88 valence electrons. The van der Waals surface area contributed by atoms with Crippen molar-refractivity contribution in [2.75, 3.05) is 13.2 Å². The van der Waals surface area contributed by atoms with Gasteiger partial charge in [0.1, 0.15) is 5.75 Å². The summed E-state index contributed by atoms with van der Waals surface area (Å²) in [5.41, 5.74) is 2.31. The summed E-state index contributed by atoms with van der Waals surface area (Å²) in [6, 6.07) is 6.29. The van der Waals surface area contributed by atoms with Crippen molar-refractivity contribution in [3.05, 3.63) is 29.3 Å². The SMILES string of the molecule is CC(C)(CO)NCc1ccc2c(c1)CCO2. The van der Waals surface area contributed by atoms with E-state index in [1.807, 2.05) is 19.9 Å². The fourth-order valence-electron chi connectivity index (χ4n) is 1.75. The molecule has 0 aliphatic carbocycles. The summed E-state index contributed by atoms with van der Waals surface area (Å²) in [6.07, 6.45) is 1.01. The summed E-state index contributed by atoms with van der Waals surface area (Å²) in [5, 5.41) is 12.5. The Bertz CT molecular complexity index is 374. The Balaban J connectivity index is 2.00. The van der Waals surface area contributed by atoms with E-state index in [0.29, 0.717) is 0 Å². The van der Waals surface area contributed by atoms with E-state index in [4.69, 9.17) is 9.84 Å². The number of aliphatic hydroxyl groups is 1. The standard InChI is InChI=1S/C13H19NO2/c1-13(2,9-15)14-8-10-3-4-12-11(7-10)5-6-16-12/h3-4,7,14-15H,5-6,8-9H2,1-2H3. The van der Waals surface area contributed by atoms with Crippen LogP contribution in [0.3, 0.4) is 0 Å². The van der Waals surface area contributed by atoms with E-state index in [1.165, 1.54) is 11.1 Å². The highest BCUT2D eigenvalue weighted by Crippen LogP contribution is 2.25. The van der Waals surface area contributed by atoms with Crippen LogP contribution in [-0.2, 0) is 13.0 Å². The highest BCUT2D eigenvalue weighted by atomic mass is 16.5. The first-order chi connectivity index (χ1) is 7.61. The maximum atomic E-state index is 9.14. The van der Waals surface area contributed by atoms with Crippen LogP contribution in [-0.4, -0.2) is 23.9 Å². The molecule has 16 heavy (non-hydrogen) atoms. The average Bonchev–Trinajstić information content (AvgIpc) is 2.73. The van der Waals surface area contributed by atoms with Crippen molar-refractivity contribution in [2.45, 2.75) is 32.4 Å². The van der Waals surface area contributed by atoms with Crippen LogP contribution >= 0.6 is 0 Å². The molecule has 1 aliphatic heterocycles. The fraction of sp³-hybridized carbons (Fsp3) is 0.538. The summed E-state index contributed by atoms with van der Waals surface area (Å²) in [5.74, 6) is 1.02. The number of aliphatic hydroxyl groups excluding tert-OH is 1. The highest BCUT2D eigenvalue weighted by molar-refractivity contribution is 5.39. The second kappa shape index (κ2) is 4.44. The monoisotopic (exact) mass is 221 g/mol. The Morgan fingerprint density at radius 2 is 2.25 bits per heavy atom. The van der Waals surface area contributed by atoms with Crippen LogP contribution in [0.15, 0.2) is 18.2 Å². The molecule has 0 saturated heterocycles. The van der Waals surface area contributed by atoms with Gasteiger partial charge in [-0.05, 0) is 31.0 Å². The van der Waals surface area contributed by atoms with Crippen LogP contribution < -0.4 is 10.1 Å². The quantitative estimate of drug-likeness (QED) is 0.809. The van der Waals surface area contributed by atoms with Gasteiger partial charge in [0.15, 0.2) is 0 Å². The third-order valence-corrected chi connectivity index (χ3v) is 2.92. The molecule has 2 N–H and O–H groups in total. The molecule has 0 unspecified atom stereocenters. The van der Waals surface area contributed by atoms with Crippen molar-refractivity contribution in [2.24, 2.45) is 0 Å². The van der Waals surface area contributed by atoms with Gasteiger partial charge in [-0.2, -0.15) is 0 Å². The molecular formula is C13H19NO2. The zero-order valence-electron chi connectivity index (χ0n) is 9.92. The van der Waals surface area contributed by atoms with Crippen molar-refractivity contribution in [3.63, 3.8) is 0 Å². The van der Waals surface area contributed by atoms with Gasteiger partial charge in [-0.3, -0.25) is 0 Å². The fourth-order valence-corrected chi connectivity index (χ4v) is 1.75. The van der Waals surface area contributed by atoms with E-state index in [9.17, 15) is 0 Å². The smallest absolute Gasteiger partial charge is 0.122 e. The minimum absolute atomic E-state index is 0.140. The van der Waals surface area contributed by atoms with E-state index < -0.39 is 0 Å². The van der Waals surface area contributed by atoms with Crippen LogP contribution in [0.1, 0.15) is 25.0 Å². The number of ether oxygens (including phenoxy) is 1. The number of rotatable bonds is 4. The lowest BCUT2D eigenvalue weighted by molar-refractivity contribution is 0.187. The molecule has 1 aromatic carbocycles. The van der Waals surface area contributed by atoms with Gasteiger partial charge in [0, 0.05) is 18.5 Å². The first-order valence-corrected chi connectivity index (χ1v) is 5.71. The van der Waals surface area contributed by atoms with Gasteiger partial charge < -0.3 is 15.2 Å². The van der Waals surface area contributed by atoms with E-state index in [-0.39, 0.29) is 12.1 Å². The molecule has 2 rings (SSSR count). The minimum atomic E-state index is -0.227. The zero-order valence-corrected chi connectivity index (χ0v) is 9.92. The molecule has 1 aromatic rings. The molecule has 3 nitrogen and oxygen atoms in total. The van der Waals surface area contributed by atoms with Gasteiger partial charge >= 0.3 is 0 Å². The van der Waals surface area contributed by atoms with Gasteiger partial charge in [0.2, 0.25) is 0 Å². The molecule has 3 heteroatoms. The predicted molar refractivity (Wildman–Crippen MR) is 63.6 cm³/mol. The first kappa shape index (κ1) is 11.4. The topological polar surface area (TPSA) is 41.5 Å². The second-order valence-corrected chi connectivity index (χ2v) is 4.94. The molecule has 0 amide bonds. The van der Waals surface area contributed by atoms with Crippen molar-refractivity contribution >= 4 is 0 Å². The summed E-state index contributed by atoms with van der Waals surface area (Å²) in [6.45, 7) is 5.70. The lowest BCUT2D eigenvalue weighted by Gasteiger charge is -2.23. The summed E-state index contributed by atoms with van der Waals surface area (Å²) in [7, 11) is 0. The van der Waals surface area contributed by atoms with Gasteiger partial charge in [-0.25, -0.2) is 0 Å². The van der Waals surface area contributed by atoms with Crippen LogP contribution in [0.4, 0.5) is 0 Å². The lowest BCUT2D eigenvalue weighted by Crippen LogP contribution is -2.42. The lowest BCUT2D eigenvalue weighted by atomic mass is 10.0. The van der Waals surface area contributed by atoms with Crippen molar-refractivity contribution in [3.8, 4) is 5.75 Å². The van der Waals surface area contributed by atoms with E-state index >= 15 is 0 Å². The second-order valence-electron chi connectivity index (χ2n) is 4.94. The van der Waals surface area contributed by atoms with E-state index in [0.717, 1.165) is 25.3 Å². The van der Waals surface area contributed by atoms with Crippen LogP contribution in [0.2, 0.25) is 0 Å². The molecular weight excluding hydrogens is 202 g/mol. The van der Waals surface area contributed by atoms with Crippen molar-refractivity contribution in [1.82, 2.24) is 5.32 Å². The number of nitrogens with one attached hydrogen (secondary N) is 1. The molecule has 0 bridgehead atoms. The first-order valence-electron chi connectivity index (χ1n) is 5.71. The average molecular weight is 221 g/mol. The van der Waals surface area contributed by atoms with E-state index in [1.54, 1.807) is 0 Å².